The van der Waals surface area contributed by atoms with Crippen LogP contribution in [0.1, 0.15) is 13.8 Å². The number of hydrogen-bond acceptors (Lipinski definition) is 1. The number of carboxylic acid groups (broad SMARTS) is 1. The van der Waals surface area contributed by atoms with E-state index in [1.54, 1.807) is 0 Å². The molecule has 0 rings (SSSR count). The first-order valence-corrected chi connectivity index (χ1v) is 2.70. The molecule has 0 atom stereocenters. The monoisotopic (exact) mass is 176 g/mol. The van der Waals surface area contributed by atoms with Gasteiger partial charge < -0.3 is 10.0 Å². The van der Waals surface area contributed by atoms with Gasteiger partial charge in [-0.3, -0.25) is 0 Å². The van der Waals surface area contributed by atoms with Gasteiger partial charge in [-0.1, -0.05) is 0 Å². The fraction of sp³-hybridized carbons (Fsp3) is 0.800. The maximum absolute atomic E-state index is 10.1. The van der Waals surface area contributed by atoms with Gasteiger partial charge in [0.1, 0.15) is 0 Å². The van der Waals surface area contributed by atoms with Gasteiger partial charge in [0.25, 0.3) is 0 Å². The summed E-state index contributed by atoms with van der Waals surface area (Å²) in [7, 11) is 0. The van der Waals surface area contributed by atoms with Crippen LogP contribution in [0, 0.1) is 0 Å². The summed E-state index contributed by atoms with van der Waals surface area (Å²) in [5, 5.41) is 8.30. The second-order valence-electron chi connectivity index (χ2n) is 1.45. The van der Waals surface area contributed by atoms with E-state index in [9.17, 15) is 4.79 Å². The summed E-state index contributed by atoms with van der Waals surface area (Å²) in [4.78, 5) is 11.4. The van der Waals surface area contributed by atoms with E-state index < -0.39 is 6.09 Å². The molecule has 0 aromatic carbocycles. The van der Waals surface area contributed by atoms with Crippen LogP contribution >= 0.6 is 0 Å². The van der Waals surface area contributed by atoms with E-state index in [0.29, 0.717) is 13.1 Å². The Labute approximate surface area is 65.2 Å². The van der Waals surface area contributed by atoms with Crippen molar-refractivity contribution >= 4 is 6.09 Å². The van der Waals surface area contributed by atoms with Crippen molar-refractivity contribution in [3.8, 4) is 0 Å². The number of rotatable bonds is 2. The molecule has 4 heteroatoms. The Morgan fingerprint density at radius 3 is 1.78 bits per heavy atom. The minimum atomic E-state index is -0.838. The molecule has 0 saturated heterocycles. The third-order valence-corrected chi connectivity index (χ3v) is 1.03. The largest absolute Gasteiger partial charge is 0.465 e. The summed E-state index contributed by atoms with van der Waals surface area (Å²) in [6.07, 6.45) is -0.838. The molecule has 3 nitrogen and oxygen atoms in total. The Balaban J connectivity index is 0. The molecule has 0 fully saturated rings. The molecule has 0 spiro atoms. The molecule has 0 bridgehead atoms. The van der Waals surface area contributed by atoms with Crippen molar-refractivity contribution in [2.45, 2.75) is 13.8 Å². The van der Waals surface area contributed by atoms with Gasteiger partial charge >= 0.3 is 6.09 Å². The van der Waals surface area contributed by atoms with E-state index in [4.69, 9.17) is 5.11 Å². The zero-order chi connectivity index (χ0) is 6.57. The Morgan fingerprint density at radius 1 is 1.44 bits per heavy atom. The maximum atomic E-state index is 10.1. The zero-order valence-electron chi connectivity index (χ0n) is 5.55. The van der Waals surface area contributed by atoms with Crippen LogP contribution in [0.2, 0.25) is 0 Å². The van der Waals surface area contributed by atoms with Crippen molar-refractivity contribution < 1.29 is 26.7 Å². The summed E-state index contributed by atoms with van der Waals surface area (Å²) < 4.78 is 0. The zero-order valence-corrected chi connectivity index (χ0v) is 6.59. The van der Waals surface area contributed by atoms with Crippen molar-refractivity contribution in [3.63, 3.8) is 0 Å². The average molecular weight is 176 g/mol. The molecule has 0 aromatic rings. The molecule has 0 unspecified atom stereocenters. The first-order valence-electron chi connectivity index (χ1n) is 2.70. The molecule has 0 heterocycles. The first-order chi connectivity index (χ1) is 3.72. The number of carbonyl (C=O) groups is 1. The van der Waals surface area contributed by atoms with Gasteiger partial charge in [0.2, 0.25) is 0 Å². The maximum Gasteiger partial charge on any atom is 0.407 e. The standard InChI is InChI=1S/C5H11NO2.Co/c1-3-6(4-2)5(7)8;/h3-4H2,1-2H3,(H,7,8);. The van der Waals surface area contributed by atoms with E-state index in [1.807, 2.05) is 13.8 Å². The van der Waals surface area contributed by atoms with Crippen LogP contribution in [0.25, 0.3) is 0 Å². The fourth-order valence-corrected chi connectivity index (χ4v) is 0.494. The molecule has 0 aliphatic heterocycles. The van der Waals surface area contributed by atoms with Gasteiger partial charge in [-0.15, -0.1) is 0 Å². The van der Waals surface area contributed by atoms with Gasteiger partial charge in [-0.05, 0) is 13.8 Å². The predicted octanol–water partition coefficient (Wildman–Crippen LogP) is 1.00. The SMILES string of the molecule is CCN(CC)C(=O)O.[Co]. The molecular formula is C5H11CoNO2. The Bertz CT molecular complexity index is 83.0. The fourth-order valence-electron chi connectivity index (χ4n) is 0.494. The molecule has 0 aromatic heterocycles. The summed E-state index contributed by atoms with van der Waals surface area (Å²) in [6, 6.07) is 0. The van der Waals surface area contributed by atoms with E-state index in [2.05, 4.69) is 0 Å². The van der Waals surface area contributed by atoms with Crippen molar-refractivity contribution in [1.29, 1.82) is 0 Å². The summed E-state index contributed by atoms with van der Waals surface area (Å²) >= 11 is 0. The Morgan fingerprint density at radius 2 is 1.78 bits per heavy atom. The first kappa shape index (κ1) is 11.6. The third-order valence-electron chi connectivity index (χ3n) is 1.03. The second kappa shape index (κ2) is 5.91. The van der Waals surface area contributed by atoms with Crippen molar-refractivity contribution in [1.82, 2.24) is 4.90 Å². The molecule has 0 aliphatic rings. The minimum Gasteiger partial charge on any atom is -0.465 e. The van der Waals surface area contributed by atoms with Crippen LogP contribution < -0.4 is 0 Å². The van der Waals surface area contributed by atoms with Gasteiger partial charge in [0.15, 0.2) is 0 Å². The van der Waals surface area contributed by atoms with Gasteiger partial charge in [-0.25, -0.2) is 4.79 Å². The topological polar surface area (TPSA) is 40.5 Å². The summed E-state index contributed by atoms with van der Waals surface area (Å²) in [5.74, 6) is 0. The van der Waals surface area contributed by atoms with E-state index >= 15 is 0 Å². The molecule has 0 aliphatic carbocycles. The van der Waals surface area contributed by atoms with Crippen molar-refractivity contribution in [3.05, 3.63) is 0 Å². The molecule has 0 saturated carbocycles. The van der Waals surface area contributed by atoms with E-state index in [1.165, 1.54) is 4.90 Å². The molecular weight excluding hydrogens is 165 g/mol. The number of hydrogen-bond donors (Lipinski definition) is 1. The van der Waals surface area contributed by atoms with Gasteiger partial charge in [0.05, 0.1) is 0 Å². The van der Waals surface area contributed by atoms with Crippen LogP contribution in [0.3, 0.4) is 0 Å². The Kier molecular flexibility index (Phi) is 7.58. The summed E-state index contributed by atoms with van der Waals surface area (Å²) in [6.45, 7) is 4.78. The second-order valence-corrected chi connectivity index (χ2v) is 1.45. The molecule has 9 heavy (non-hydrogen) atoms. The van der Waals surface area contributed by atoms with Crippen LogP contribution in [-0.4, -0.2) is 29.2 Å². The molecule has 57 valence electrons. The van der Waals surface area contributed by atoms with Crippen LogP contribution in [-0.2, 0) is 16.8 Å². The van der Waals surface area contributed by atoms with Crippen LogP contribution in [0.15, 0.2) is 0 Å². The van der Waals surface area contributed by atoms with Crippen molar-refractivity contribution in [2.75, 3.05) is 13.1 Å². The Hall–Kier alpha value is -0.224. The predicted molar refractivity (Wildman–Crippen MR) is 30.9 cm³/mol. The minimum absolute atomic E-state index is 0. The molecule has 1 amide bonds. The van der Waals surface area contributed by atoms with Gasteiger partial charge in [0, 0.05) is 29.9 Å². The van der Waals surface area contributed by atoms with Crippen molar-refractivity contribution in [2.24, 2.45) is 0 Å². The molecule has 1 N–H and O–H groups in total. The quantitative estimate of drug-likeness (QED) is 0.681. The summed E-state index contributed by atoms with van der Waals surface area (Å²) in [5.41, 5.74) is 0. The van der Waals surface area contributed by atoms with E-state index in [-0.39, 0.29) is 16.8 Å². The number of nitrogens with zero attached hydrogens (tertiary/aromatic N) is 1. The number of amides is 1. The van der Waals surface area contributed by atoms with Crippen LogP contribution in [0.5, 0.6) is 0 Å². The van der Waals surface area contributed by atoms with Gasteiger partial charge in [-0.2, -0.15) is 0 Å². The normalized spacial score (nSPS) is 7.78. The smallest absolute Gasteiger partial charge is 0.407 e. The van der Waals surface area contributed by atoms with Crippen LogP contribution in [0.4, 0.5) is 4.79 Å². The average Bonchev–Trinajstić information content (AvgIpc) is 1.69. The molecule has 1 radical (unpaired) electrons. The van der Waals surface area contributed by atoms with E-state index in [0.717, 1.165) is 0 Å². The third kappa shape index (κ3) is 4.29.